The Labute approximate surface area is 65.2 Å². The number of nitrogens with zero attached hydrogens (tertiary/aromatic N) is 1. The van der Waals surface area contributed by atoms with Crippen LogP contribution in [0.3, 0.4) is 0 Å². The minimum atomic E-state index is 0.00343. The number of amides is 1. The van der Waals surface area contributed by atoms with Gasteiger partial charge in [0.15, 0.2) is 0 Å². The van der Waals surface area contributed by atoms with E-state index >= 15 is 0 Å². The molecule has 0 spiro atoms. The highest BCUT2D eigenvalue weighted by Crippen LogP contribution is 2.21. The van der Waals surface area contributed by atoms with E-state index in [9.17, 15) is 4.79 Å². The Balaban J connectivity index is 2.41. The van der Waals surface area contributed by atoms with Crippen LogP contribution >= 0.6 is 0 Å². The molecule has 0 N–H and O–H groups in total. The third-order valence-corrected chi connectivity index (χ3v) is 1.84. The molecule has 1 amide bonds. The number of rotatable bonds is 0. The van der Waals surface area contributed by atoms with Gasteiger partial charge < -0.3 is 0 Å². The molecule has 11 heavy (non-hydrogen) atoms. The van der Waals surface area contributed by atoms with Crippen molar-refractivity contribution in [3.05, 3.63) is 29.8 Å². The first-order chi connectivity index (χ1) is 5.36. The zero-order valence-electron chi connectivity index (χ0n) is 6.08. The third-order valence-electron chi connectivity index (χ3n) is 1.84. The number of hydrogen-bond donors (Lipinski definition) is 0. The molecular formula is C9H8NO. The lowest BCUT2D eigenvalue weighted by Crippen LogP contribution is -2.17. The monoisotopic (exact) mass is 146 g/mol. The minimum absolute atomic E-state index is 0.00343. The van der Waals surface area contributed by atoms with Gasteiger partial charge in [-0.2, -0.15) is 0 Å². The molecule has 0 aromatic heterocycles. The predicted octanol–water partition coefficient (Wildman–Crippen LogP) is 1.40. The van der Waals surface area contributed by atoms with Gasteiger partial charge in [-0.25, -0.2) is 5.32 Å². The maximum absolute atomic E-state index is 10.9. The van der Waals surface area contributed by atoms with Gasteiger partial charge in [-0.3, -0.25) is 4.79 Å². The fourth-order valence-electron chi connectivity index (χ4n) is 1.26. The van der Waals surface area contributed by atoms with Crippen LogP contribution in [0.2, 0.25) is 0 Å². The molecule has 0 aliphatic carbocycles. The van der Waals surface area contributed by atoms with Crippen LogP contribution in [0, 0.1) is 0 Å². The first-order valence-corrected chi connectivity index (χ1v) is 3.69. The number of aryl methyl sites for hydroxylation is 1. The molecule has 0 bridgehead atoms. The van der Waals surface area contributed by atoms with E-state index in [0.29, 0.717) is 6.42 Å². The van der Waals surface area contributed by atoms with Gasteiger partial charge in [0.1, 0.15) is 0 Å². The molecule has 2 heteroatoms. The summed E-state index contributed by atoms with van der Waals surface area (Å²) in [7, 11) is 0. The molecule has 0 saturated carbocycles. The number of hydrogen-bond acceptors (Lipinski definition) is 1. The van der Waals surface area contributed by atoms with Crippen LogP contribution in [0.25, 0.3) is 0 Å². The van der Waals surface area contributed by atoms with E-state index in [1.54, 1.807) is 0 Å². The Morgan fingerprint density at radius 3 is 2.91 bits per heavy atom. The smallest absolute Gasteiger partial charge is 0.246 e. The van der Waals surface area contributed by atoms with Crippen molar-refractivity contribution in [2.75, 3.05) is 0 Å². The minimum Gasteiger partial charge on any atom is -0.273 e. The summed E-state index contributed by atoms with van der Waals surface area (Å²) in [5, 5.41) is 3.91. The fourth-order valence-corrected chi connectivity index (χ4v) is 1.26. The maximum atomic E-state index is 10.9. The standard InChI is InChI=1S/C9H8NO/c11-9-6-5-7-3-1-2-4-8(7)10-9/h1-4H,5-6H2. The Morgan fingerprint density at radius 2 is 2.00 bits per heavy atom. The number of fused-ring (bicyclic) bond motifs is 1. The van der Waals surface area contributed by atoms with E-state index in [0.717, 1.165) is 12.1 Å². The summed E-state index contributed by atoms with van der Waals surface area (Å²) in [5.41, 5.74) is 2.04. The van der Waals surface area contributed by atoms with Crippen LogP contribution in [0.4, 0.5) is 5.69 Å². The highest BCUT2D eigenvalue weighted by Gasteiger charge is 2.14. The van der Waals surface area contributed by atoms with Gasteiger partial charge in [0, 0.05) is 6.42 Å². The van der Waals surface area contributed by atoms with Gasteiger partial charge in [-0.05, 0) is 18.1 Å². The van der Waals surface area contributed by atoms with Gasteiger partial charge in [0.25, 0.3) is 0 Å². The van der Waals surface area contributed by atoms with E-state index in [1.165, 1.54) is 5.56 Å². The summed E-state index contributed by atoms with van der Waals surface area (Å²) in [6.45, 7) is 0. The molecule has 0 atom stereocenters. The average Bonchev–Trinajstić information content (AvgIpc) is 2.04. The van der Waals surface area contributed by atoms with Gasteiger partial charge in [-0.1, -0.05) is 18.2 Å². The summed E-state index contributed by atoms with van der Waals surface area (Å²) in [6.07, 6.45) is 1.41. The van der Waals surface area contributed by atoms with Crippen molar-refractivity contribution >= 4 is 11.6 Å². The Bertz CT molecular complexity index is 293. The molecular weight excluding hydrogens is 138 g/mol. The van der Waals surface area contributed by atoms with Gasteiger partial charge in [0.2, 0.25) is 5.91 Å². The number of benzene rings is 1. The number of para-hydroxylation sites is 1. The van der Waals surface area contributed by atoms with E-state index in [2.05, 4.69) is 5.32 Å². The molecule has 55 valence electrons. The molecule has 1 aliphatic heterocycles. The fraction of sp³-hybridized carbons (Fsp3) is 0.222. The highest BCUT2D eigenvalue weighted by atomic mass is 16.1. The molecule has 1 heterocycles. The molecule has 1 radical (unpaired) electrons. The van der Waals surface area contributed by atoms with Crippen molar-refractivity contribution in [1.29, 1.82) is 0 Å². The van der Waals surface area contributed by atoms with Gasteiger partial charge >= 0.3 is 0 Å². The van der Waals surface area contributed by atoms with E-state index in [-0.39, 0.29) is 5.91 Å². The van der Waals surface area contributed by atoms with Crippen molar-refractivity contribution in [2.24, 2.45) is 0 Å². The zero-order valence-corrected chi connectivity index (χ0v) is 6.08. The Hall–Kier alpha value is -1.31. The van der Waals surface area contributed by atoms with Crippen molar-refractivity contribution in [3.8, 4) is 0 Å². The molecule has 1 aliphatic rings. The molecule has 1 aromatic rings. The summed E-state index contributed by atoms with van der Waals surface area (Å²) >= 11 is 0. The van der Waals surface area contributed by atoms with Crippen LogP contribution in [0.15, 0.2) is 24.3 Å². The van der Waals surface area contributed by atoms with Crippen molar-refractivity contribution in [1.82, 2.24) is 5.32 Å². The third kappa shape index (κ3) is 1.11. The second kappa shape index (κ2) is 2.38. The summed E-state index contributed by atoms with van der Waals surface area (Å²) in [4.78, 5) is 10.9. The topological polar surface area (TPSA) is 31.2 Å². The first kappa shape index (κ1) is 6.40. The van der Waals surface area contributed by atoms with Crippen molar-refractivity contribution < 1.29 is 4.79 Å². The largest absolute Gasteiger partial charge is 0.273 e. The maximum Gasteiger partial charge on any atom is 0.246 e. The highest BCUT2D eigenvalue weighted by molar-refractivity contribution is 5.83. The van der Waals surface area contributed by atoms with Gasteiger partial charge in [-0.15, -0.1) is 0 Å². The summed E-state index contributed by atoms with van der Waals surface area (Å²) in [6, 6.07) is 7.78. The summed E-state index contributed by atoms with van der Waals surface area (Å²) < 4.78 is 0. The number of carbonyl (C=O) groups is 1. The van der Waals surface area contributed by atoms with E-state index in [4.69, 9.17) is 0 Å². The SMILES string of the molecule is O=C1CCc2ccccc2[N]1. The molecule has 0 unspecified atom stereocenters. The molecule has 2 nitrogen and oxygen atoms in total. The lowest BCUT2D eigenvalue weighted by molar-refractivity contribution is -0.120. The number of carbonyl (C=O) groups excluding carboxylic acids is 1. The Morgan fingerprint density at radius 1 is 1.18 bits per heavy atom. The zero-order chi connectivity index (χ0) is 7.68. The van der Waals surface area contributed by atoms with E-state index in [1.807, 2.05) is 24.3 Å². The average molecular weight is 146 g/mol. The molecule has 0 fully saturated rings. The van der Waals surface area contributed by atoms with Crippen molar-refractivity contribution in [3.63, 3.8) is 0 Å². The van der Waals surface area contributed by atoms with Crippen molar-refractivity contribution in [2.45, 2.75) is 12.8 Å². The lowest BCUT2D eigenvalue weighted by Gasteiger charge is -2.12. The van der Waals surface area contributed by atoms with Gasteiger partial charge in [0.05, 0.1) is 5.69 Å². The Kier molecular flexibility index (Phi) is 1.39. The predicted molar refractivity (Wildman–Crippen MR) is 41.6 cm³/mol. The van der Waals surface area contributed by atoms with Crippen LogP contribution in [-0.4, -0.2) is 5.91 Å². The second-order valence-electron chi connectivity index (χ2n) is 2.63. The van der Waals surface area contributed by atoms with Crippen LogP contribution in [-0.2, 0) is 11.2 Å². The quantitative estimate of drug-likeness (QED) is 0.544. The van der Waals surface area contributed by atoms with Crippen LogP contribution in [0.5, 0.6) is 0 Å². The second-order valence-corrected chi connectivity index (χ2v) is 2.63. The van der Waals surface area contributed by atoms with Crippen LogP contribution < -0.4 is 5.32 Å². The van der Waals surface area contributed by atoms with E-state index < -0.39 is 0 Å². The van der Waals surface area contributed by atoms with Crippen LogP contribution in [0.1, 0.15) is 12.0 Å². The molecule has 2 rings (SSSR count). The lowest BCUT2D eigenvalue weighted by atomic mass is 10.0. The normalized spacial score (nSPS) is 15.5. The molecule has 0 saturated heterocycles. The molecule has 1 aromatic carbocycles. The summed E-state index contributed by atoms with van der Waals surface area (Å²) in [5.74, 6) is 0.00343. The first-order valence-electron chi connectivity index (χ1n) is 3.69.